The Labute approximate surface area is 108 Å². The first-order chi connectivity index (χ1) is 8.77. The molecule has 1 aliphatic carbocycles. The van der Waals surface area contributed by atoms with Crippen LogP contribution in [0.1, 0.15) is 24.8 Å². The summed E-state index contributed by atoms with van der Waals surface area (Å²) in [6.45, 7) is 4.84. The maximum absolute atomic E-state index is 12.5. The molecule has 96 valence electrons. The van der Waals surface area contributed by atoms with Gasteiger partial charge in [0.25, 0.3) is 0 Å². The molecule has 1 saturated carbocycles. The minimum absolute atomic E-state index is 0.230. The summed E-state index contributed by atoms with van der Waals surface area (Å²) in [5, 5.41) is 3.33. The van der Waals surface area contributed by atoms with Gasteiger partial charge in [-0.1, -0.05) is 30.3 Å². The number of hydrogen-bond donors (Lipinski definition) is 1. The lowest BCUT2D eigenvalue weighted by Crippen LogP contribution is -2.52. The van der Waals surface area contributed by atoms with Crippen LogP contribution in [-0.2, 0) is 4.79 Å². The zero-order valence-electron chi connectivity index (χ0n) is 10.8. The van der Waals surface area contributed by atoms with Gasteiger partial charge in [-0.05, 0) is 24.8 Å². The molecular formula is C15H20N2O. The van der Waals surface area contributed by atoms with Crippen molar-refractivity contribution < 1.29 is 4.79 Å². The highest BCUT2D eigenvalue weighted by Crippen LogP contribution is 2.48. The van der Waals surface area contributed by atoms with Gasteiger partial charge < -0.3 is 10.2 Å². The number of hydrogen-bond acceptors (Lipinski definition) is 2. The Morgan fingerprint density at radius 2 is 2.11 bits per heavy atom. The fourth-order valence-corrected chi connectivity index (χ4v) is 2.92. The van der Waals surface area contributed by atoms with Crippen molar-refractivity contribution in [3.05, 3.63) is 35.9 Å². The molecule has 1 N–H and O–H groups in total. The van der Waals surface area contributed by atoms with Gasteiger partial charge in [0, 0.05) is 31.6 Å². The van der Waals surface area contributed by atoms with Crippen molar-refractivity contribution in [1.82, 2.24) is 10.2 Å². The molecule has 3 nitrogen and oxygen atoms in total. The maximum Gasteiger partial charge on any atom is 0.226 e. The van der Waals surface area contributed by atoms with E-state index in [0.717, 1.165) is 26.1 Å². The number of rotatable bonds is 2. The first-order valence-corrected chi connectivity index (χ1v) is 6.83. The average molecular weight is 244 g/mol. The average Bonchev–Trinajstić information content (AvgIpc) is 3.20. The quantitative estimate of drug-likeness (QED) is 0.857. The molecule has 1 aromatic rings. The van der Waals surface area contributed by atoms with Crippen molar-refractivity contribution in [2.24, 2.45) is 5.92 Å². The summed E-state index contributed by atoms with van der Waals surface area (Å²) >= 11 is 0. The largest absolute Gasteiger partial charge is 0.337 e. The highest BCUT2D eigenvalue weighted by molar-refractivity contribution is 5.83. The Bertz CT molecular complexity index is 431. The number of amides is 1. The van der Waals surface area contributed by atoms with Crippen LogP contribution in [0.2, 0.25) is 0 Å². The molecule has 0 bridgehead atoms. The molecule has 1 amide bonds. The molecule has 1 saturated heterocycles. The Morgan fingerprint density at radius 3 is 2.83 bits per heavy atom. The van der Waals surface area contributed by atoms with Gasteiger partial charge in [0.2, 0.25) is 5.91 Å². The van der Waals surface area contributed by atoms with E-state index >= 15 is 0 Å². The zero-order chi connectivity index (χ0) is 12.5. The molecule has 2 aliphatic rings. The lowest BCUT2D eigenvalue weighted by Gasteiger charge is -2.34. The predicted octanol–water partition coefficient (Wildman–Crippen LogP) is 1.61. The molecule has 1 aliphatic heterocycles. The van der Waals surface area contributed by atoms with Crippen LogP contribution in [0.5, 0.6) is 0 Å². The van der Waals surface area contributed by atoms with Crippen LogP contribution in [0.3, 0.4) is 0 Å². The van der Waals surface area contributed by atoms with Gasteiger partial charge in [0.15, 0.2) is 0 Å². The third kappa shape index (κ3) is 2.15. The summed E-state index contributed by atoms with van der Waals surface area (Å²) in [6.07, 6.45) is 1.03. The minimum atomic E-state index is 0.230. The van der Waals surface area contributed by atoms with E-state index in [1.165, 1.54) is 5.56 Å². The molecule has 3 rings (SSSR count). The fourth-order valence-electron chi connectivity index (χ4n) is 2.92. The third-order valence-corrected chi connectivity index (χ3v) is 4.12. The normalized spacial score (nSPS) is 31.2. The zero-order valence-corrected chi connectivity index (χ0v) is 10.8. The van der Waals surface area contributed by atoms with Crippen molar-refractivity contribution in [2.45, 2.75) is 25.3 Å². The number of carbonyl (C=O) groups is 1. The van der Waals surface area contributed by atoms with Crippen LogP contribution in [0.4, 0.5) is 0 Å². The number of nitrogens with zero attached hydrogens (tertiary/aromatic N) is 1. The second-order valence-corrected chi connectivity index (χ2v) is 5.44. The molecule has 3 heteroatoms. The van der Waals surface area contributed by atoms with Crippen LogP contribution in [0, 0.1) is 5.92 Å². The van der Waals surface area contributed by atoms with E-state index in [9.17, 15) is 4.79 Å². The van der Waals surface area contributed by atoms with Crippen molar-refractivity contribution in [1.29, 1.82) is 0 Å². The highest BCUT2D eigenvalue weighted by atomic mass is 16.2. The van der Waals surface area contributed by atoms with Crippen molar-refractivity contribution >= 4 is 5.91 Å². The number of benzene rings is 1. The van der Waals surface area contributed by atoms with Crippen molar-refractivity contribution in [3.63, 3.8) is 0 Å². The molecule has 3 atom stereocenters. The summed E-state index contributed by atoms with van der Waals surface area (Å²) in [5.74, 6) is 1.05. The molecule has 0 aromatic heterocycles. The maximum atomic E-state index is 12.5. The summed E-state index contributed by atoms with van der Waals surface area (Å²) in [4.78, 5) is 14.5. The van der Waals surface area contributed by atoms with E-state index in [1.807, 2.05) is 6.07 Å². The van der Waals surface area contributed by atoms with E-state index in [1.54, 1.807) is 0 Å². The van der Waals surface area contributed by atoms with E-state index in [2.05, 4.69) is 41.4 Å². The molecule has 18 heavy (non-hydrogen) atoms. The Morgan fingerprint density at radius 1 is 1.33 bits per heavy atom. The highest BCUT2D eigenvalue weighted by Gasteiger charge is 2.46. The third-order valence-electron chi connectivity index (χ3n) is 4.12. The lowest BCUT2D eigenvalue weighted by molar-refractivity contribution is -0.135. The second kappa shape index (κ2) is 4.73. The van der Waals surface area contributed by atoms with Crippen molar-refractivity contribution in [2.75, 3.05) is 19.6 Å². The first kappa shape index (κ1) is 11.7. The van der Waals surface area contributed by atoms with Gasteiger partial charge in [0.1, 0.15) is 0 Å². The lowest BCUT2D eigenvalue weighted by atomic mass is 10.1. The SMILES string of the molecule is CC1CNCCN1C(=O)C1CC1c1ccccc1. The standard InChI is InChI=1S/C15H20N2O/c1-11-10-16-7-8-17(11)15(18)14-9-13(14)12-5-3-2-4-6-12/h2-6,11,13-14,16H,7-10H2,1H3. The van der Waals surface area contributed by atoms with E-state index in [-0.39, 0.29) is 5.92 Å². The number of piperazine rings is 1. The van der Waals surface area contributed by atoms with E-state index in [4.69, 9.17) is 0 Å². The molecule has 0 spiro atoms. The first-order valence-electron chi connectivity index (χ1n) is 6.83. The van der Waals surface area contributed by atoms with Crippen LogP contribution in [0.15, 0.2) is 30.3 Å². The van der Waals surface area contributed by atoms with Gasteiger partial charge in [0.05, 0.1) is 0 Å². The summed E-state index contributed by atoms with van der Waals surface area (Å²) < 4.78 is 0. The fraction of sp³-hybridized carbons (Fsp3) is 0.533. The topological polar surface area (TPSA) is 32.3 Å². The van der Waals surface area contributed by atoms with Gasteiger partial charge in [-0.25, -0.2) is 0 Å². The van der Waals surface area contributed by atoms with Gasteiger partial charge >= 0.3 is 0 Å². The summed E-state index contributed by atoms with van der Waals surface area (Å²) in [5.41, 5.74) is 1.32. The predicted molar refractivity (Wildman–Crippen MR) is 71.3 cm³/mol. The Balaban J connectivity index is 1.65. The van der Waals surface area contributed by atoms with Crippen LogP contribution in [0.25, 0.3) is 0 Å². The number of nitrogens with one attached hydrogen (secondary N) is 1. The molecule has 1 aromatic carbocycles. The monoisotopic (exact) mass is 244 g/mol. The van der Waals surface area contributed by atoms with Crippen LogP contribution < -0.4 is 5.32 Å². The molecule has 3 unspecified atom stereocenters. The van der Waals surface area contributed by atoms with E-state index in [0.29, 0.717) is 17.9 Å². The molecule has 0 radical (unpaired) electrons. The van der Waals surface area contributed by atoms with Crippen molar-refractivity contribution in [3.8, 4) is 0 Å². The number of carbonyl (C=O) groups excluding carboxylic acids is 1. The Kier molecular flexibility index (Phi) is 3.08. The molecule has 2 fully saturated rings. The van der Waals surface area contributed by atoms with Crippen LogP contribution >= 0.6 is 0 Å². The molecular weight excluding hydrogens is 224 g/mol. The Hall–Kier alpha value is -1.35. The molecule has 1 heterocycles. The minimum Gasteiger partial charge on any atom is -0.337 e. The smallest absolute Gasteiger partial charge is 0.226 e. The van der Waals surface area contributed by atoms with Gasteiger partial charge in [-0.15, -0.1) is 0 Å². The summed E-state index contributed by atoms with van der Waals surface area (Å²) in [7, 11) is 0. The van der Waals surface area contributed by atoms with Gasteiger partial charge in [-0.2, -0.15) is 0 Å². The van der Waals surface area contributed by atoms with Gasteiger partial charge in [-0.3, -0.25) is 4.79 Å². The second-order valence-electron chi connectivity index (χ2n) is 5.44. The van der Waals surface area contributed by atoms with Crippen LogP contribution in [-0.4, -0.2) is 36.5 Å². The summed E-state index contributed by atoms with van der Waals surface area (Å²) in [6, 6.07) is 10.8. The van der Waals surface area contributed by atoms with E-state index < -0.39 is 0 Å².